The molecule has 0 saturated heterocycles. The van der Waals surface area contributed by atoms with E-state index >= 15 is 0 Å². The highest BCUT2D eigenvalue weighted by molar-refractivity contribution is 6.48. The second-order valence-electron chi connectivity index (χ2n) is 3.86. The summed E-state index contributed by atoms with van der Waals surface area (Å²) in [6.07, 6.45) is 3.62. The Morgan fingerprint density at radius 3 is 2.43 bits per heavy atom. The molecule has 1 nitrogen and oxygen atoms in total. The molecule has 0 bridgehead atoms. The third-order valence-corrected chi connectivity index (χ3v) is 3.06. The number of aryl methyl sites for hydroxylation is 1. The third-order valence-electron chi connectivity index (χ3n) is 2.15. The van der Waals surface area contributed by atoms with Gasteiger partial charge in [-0.25, -0.2) is 0 Å². The first-order chi connectivity index (χ1) is 6.79. The lowest BCUT2D eigenvalue weighted by Crippen LogP contribution is -2.08. The van der Waals surface area contributed by atoms with Gasteiger partial charge in [-0.15, -0.1) is 0 Å². The van der Waals surface area contributed by atoms with Crippen LogP contribution in [0.2, 0.25) is 13.1 Å². The van der Waals surface area contributed by atoms with Crippen LogP contribution in [0.1, 0.15) is 18.4 Å². The summed E-state index contributed by atoms with van der Waals surface area (Å²) < 4.78 is 5.62. The van der Waals surface area contributed by atoms with E-state index in [4.69, 9.17) is 4.43 Å². The predicted molar refractivity (Wildman–Crippen MR) is 64.2 cm³/mol. The summed E-state index contributed by atoms with van der Waals surface area (Å²) in [5, 5.41) is 0. The number of hydrogen-bond donors (Lipinski definition) is 0. The molecule has 1 rings (SSSR count). The molecule has 2 heteroatoms. The summed E-state index contributed by atoms with van der Waals surface area (Å²) in [4.78, 5) is 0. The monoisotopic (exact) mass is 208 g/mol. The normalized spacial score (nSPS) is 10.8. The SMILES string of the molecule is C[SiH](C)OCCCCc1ccccc1. The zero-order chi connectivity index (χ0) is 10.2. The van der Waals surface area contributed by atoms with Gasteiger partial charge in [0.25, 0.3) is 0 Å². The highest BCUT2D eigenvalue weighted by Crippen LogP contribution is 2.04. The Kier molecular flexibility index (Phi) is 5.57. The minimum Gasteiger partial charge on any atom is -0.421 e. The number of benzene rings is 1. The van der Waals surface area contributed by atoms with Crippen LogP contribution < -0.4 is 0 Å². The van der Waals surface area contributed by atoms with Crippen LogP contribution in [0.5, 0.6) is 0 Å². The van der Waals surface area contributed by atoms with Crippen LogP contribution in [0, 0.1) is 0 Å². The number of rotatable bonds is 6. The lowest BCUT2D eigenvalue weighted by Gasteiger charge is -2.06. The molecular weight excluding hydrogens is 188 g/mol. The Bertz CT molecular complexity index is 233. The minimum absolute atomic E-state index is 0.787. The first-order valence-electron chi connectivity index (χ1n) is 5.44. The average Bonchev–Trinajstić information content (AvgIpc) is 2.18. The second kappa shape index (κ2) is 6.79. The van der Waals surface area contributed by atoms with Crippen LogP contribution >= 0.6 is 0 Å². The molecule has 0 amide bonds. The summed E-state index contributed by atoms with van der Waals surface area (Å²) in [6.45, 7) is 5.39. The smallest absolute Gasteiger partial charge is 0.170 e. The quantitative estimate of drug-likeness (QED) is 0.516. The Hall–Kier alpha value is -0.603. The largest absolute Gasteiger partial charge is 0.421 e. The van der Waals surface area contributed by atoms with Gasteiger partial charge in [-0.1, -0.05) is 30.3 Å². The molecule has 0 N–H and O–H groups in total. The molecule has 0 saturated carbocycles. The second-order valence-corrected chi connectivity index (χ2v) is 6.29. The van der Waals surface area contributed by atoms with Crippen LogP contribution in [-0.2, 0) is 10.8 Å². The van der Waals surface area contributed by atoms with Crippen molar-refractivity contribution in [2.24, 2.45) is 0 Å². The van der Waals surface area contributed by atoms with Crippen molar-refractivity contribution in [3.63, 3.8) is 0 Å². The van der Waals surface area contributed by atoms with Crippen molar-refractivity contribution in [2.45, 2.75) is 32.4 Å². The van der Waals surface area contributed by atoms with Crippen molar-refractivity contribution in [1.29, 1.82) is 0 Å². The van der Waals surface area contributed by atoms with E-state index in [-0.39, 0.29) is 0 Å². The van der Waals surface area contributed by atoms with E-state index in [1.807, 2.05) is 0 Å². The van der Waals surface area contributed by atoms with Crippen LogP contribution in [0.15, 0.2) is 30.3 Å². The molecule has 0 atom stereocenters. The summed E-state index contributed by atoms with van der Waals surface area (Å²) in [6, 6.07) is 10.7. The molecule has 1 aromatic carbocycles. The van der Waals surface area contributed by atoms with Gasteiger partial charge in [0, 0.05) is 6.61 Å². The average molecular weight is 208 g/mol. The minimum atomic E-state index is -0.787. The van der Waals surface area contributed by atoms with E-state index in [9.17, 15) is 0 Å². The molecule has 14 heavy (non-hydrogen) atoms. The topological polar surface area (TPSA) is 9.23 Å². The van der Waals surface area contributed by atoms with E-state index in [1.165, 1.54) is 24.8 Å². The zero-order valence-corrected chi connectivity index (χ0v) is 10.4. The maximum absolute atomic E-state index is 5.62. The van der Waals surface area contributed by atoms with Crippen LogP contribution in [0.4, 0.5) is 0 Å². The fraction of sp³-hybridized carbons (Fsp3) is 0.500. The van der Waals surface area contributed by atoms with Crippen molar-refractivity contribution < 1.29 is 4.43 Å². The Balaban J connectivity index is 2.05. The maximum atomic E-state index is 5.62. The van der Waals surface area contributed by atoms with Crippen LogP contribution in [0.3, 0.4) is 0 Å². The van der Waals surface area contributed by atoms with Gasteiger partial charge in [0.15, 0.2) is 9.04 Å². The van der Waals surface area contributed by atoms with Gasteiger partial charge in [0.1, 0.15) is 0 Å². The Morgan fingerprint density at radius 2 is 1.79 bits per heavy atom. The fourth-order valence-corrected chi connectivity index (χ4v) is 2.03. The first kappa shape index (κ1) is 11.5. The van der Waals surface area contributed by atoms with Gasteiger partial charge in [-0.2, -0.15) is 0 Å². The Labute approximate surface area is 88.8 Å². The van der Waals surface area contributed by atoms with Crippen molar-refractivity contribution in [3.8, 4) is 0 Å². The van der Waals surface area contributed by atoms with E-state index in [1.54, 1.807) is 0 Å². The summed E-state index contributed by atoms with van der Waals surface area (Å²) in [5.74, 6) is 0. The molecule has 0 aliphatic rings. The van der Waals surface area contributed by atoms with E-state index in [0.717, 1.165) is 6.61 Å². The first-order valence-corrected chi connectivity index (χ1v) is 8.22. The molecule has 0 radical (unpaired) electrons. The van der Waals surface area contributed by atoms with E-state index in [2.05, 4.69) is 43.4 Å². The molecule has 78 valence electrons. The van der Waals surface area contributed by atoms with E-state index in [0.29, 0.717) is 0 Å². The molecule has 0 aliphatic heterocycles. The molecule has 0 heterocycles. The van der Waals surface area contributed by atoms with Gasteiger partial charge in [0.2, 0.25) is 0 Å². The van der Waals surface area contributed by atoms with Crippen LogP contribution in [0.25, 0.3) is 0 Å². The Morgan fingerprint density at radius 1 is 1.07 bits per heavy atom. The van der Waals surface area contributed by atoms with Gasteiger partial charge in [-0.05, 0) is 37.9 Å². The lowest BCUT2D eigenvalue weighted by molar-refractivity contribution is 0.314. The van der Waals surface area contributed by atoms with Gasteiger partial charge in [-0.3, -0.25) is 0 Å². The van der Waals surface area contributed by atoms with Crippen molar-refractivity contribution in [3.05, 3.63) is 35.9 Å². The predicted octanol–water partition coefficient (Wildman–Crippen LogP) is 3.01. The summed E-state index contributed by atoms with van der Waals surface area (Å²) >= 11 is 0. The van der Waals surface area contributed by atoms with E-state index < -0.39 is 9.04 Å². The van der Waals surface area contributed by atoms with Gasteiger partial charge in [0.05, 0.1) is 0 Å². The summed E-state index contributed by atoms with van der Waals surface area (Å²) in [5.41, 5.74) is 1.44. The molecule has 0 spiro atoms. The summed E-state index contributed by atoms with van der Waals surface area (Å²) in [7, 11) is -0.787. The third kappa shape index (κ3) is 5.20. The highest BCUT2D eigenvalue weighted by Gasteiger charge is 1.95. The molecule has 1 aromatic rings. The maximum Gasteiger partial charge on any atom is 0.170 e. The van der Waals surface area contributed by atoms with Gasteiger partial charge >= 0.3 is 0 Å². The lowest BCUT2D eigenvalue weighted by atomic mass is 10.1. The van der Waals surface area contributed by atoms with Crippen LogP contribution in [-0.4, -0.2) is 15.6 Å². The fourth-order valence-electron chi connectivity index (χ4n) is 1.39. The molecule has 0 unspecified atom stereocenters. The number of hydrogen-bond acceptors (Lipinski definition) is 1. The molecule has 0 aromatic heterocycles. The molecule has 0 aliphatic carbocycles. The van der Waals surface area contributed by atoms with Crippen molar-refractivity contribution >= 4 is 9.04 Å². The standard InChI is InChI=1S/C12H20OSi/c1-14(2)13-11-7-6-10-12-8-4-3-5-9-12/h3-5,8-9,14H,6-7,10-11H2,1-2H3. The van der Waals surface area contributed by atoms with Crippen molar-refractivity contribution in [1.82, 2.24) is 0 Å². The zero-order valence-electron chi connectivity index (χ0n) is 9.20. The molecular formula is C12H20OSi. The number of unbranched alkanes of at least 4 members (excludes halogenated alkanes) is 1. The molecule has 0 fully saturated rings. The highest BCUT2D eigenvalue weighted by atomic mass is 28.3. The van der Waals surface area contributed by atoms with Crippen molar-refractivity contribution in [2.75, 3.05) is 6.61 Å². The van der Waals surface area contributed by atoms with Gasteiger partial charge < -0.3 is 4.43 Å².